The minimum Gasteiger partial charge on any atom is -0.296 e. The standard InChI is InChI=1S/C13H22N2O2S/c1-18(16,17)12-8-5-9-13(12,10-14)15-11-6-3-2-4-7-11/h11-12,15H,2-9H2,1H3. The second kappa shape index (κ2) is 5.18. The van der Waals surface area contributed by atoms with Gasteiger partial charge in [0.05, 0.1) is 11.3 Å². The van der Waals surface area contributed by atoms with E-state index in [0.717, 1.165) is 19.3 Å². The molecule has 2 unspecified atom stereocenters. The summed E-state index contributed by atoms with van der Waals surface area (Å²) < 4.78 is 23.7. The first-order valence-electron chi connectivity index (χ1n) is 6.86. The normalized spacial score (nSPS) is 34.3. The van der Waals surface area contributed by atoms with Crippen LogP contribution in [0.5, 0.6) is 0 Å². The van der Waals surface area contributed by atoms with Crippen LogP contribution in [0.3, 0.4) is 0 Å². The molecule has 0 radical (unpaired) electrons. The van der Waals surface area contributed by atoms with Gasteiger partial charge in [-0.05, 0) is 32.1 Å². The SMILES string of the molecule is CS(=O)(=O)C1CCCC1(C#N)NC1CCCCC1. The summed E-state index contributed by atoms with van der Waals surface area (Å²) in [7, 11) is -3.16. The van der Waals surface area contributed by atoms with Crippen LogP contribution in [-0.4, -0.2) is 31.5 Å². The lowest BCUT2D eigenvalue weighted by atomic mass is 9.91. The fraction of sp³-hybridized carbons (Fsp3) is 0.923. The largest absolute Gasteiger partial charge is 0.296 e. The minimum atomic E-state index is -3.16. The smallest absolute Gasteiger partial charge is 0.153 e. The van der Waals surface area contributed by atoms with Gasteiger partial charge in [0, 0.05) is 12.3 Å². The molecule has 2 atom stereocenters. The summed E-state index contributed by atoms with van der Waals surface area (Å²) in [6, 6.07) is 2.61. The van der Waals surface area contributed by atoms with Gasteiger partial charge in [-0.25, -0.2) is 8.42 Å². The Kier molecular flexibility index (Phi) is 3.98. The van der Waals surface area contributed by atoms with Crippen molar-refractivity contribution in [2.24, 2.45) is 0 Å². The third kappa shape index (κ3) is 2.70. The molecule has 0 amide bonds. The molecule has 4 nitrogen and oxygen atoms in total. The zero-order valence-electron chi connectivity index (χ0n) is 11.0. The van der Waals surface area contributed by atoms with Gasteiger partial charge in [0.15, 0.2) is 9.84 Å². The number of rotatable bonds is 3. The van der Waals surface area contributed by atoms with Gasteiger partial charge in [0.25, 0.3) is 0 Å². The first-order valence-corrected chi connectivity index (χ1v) is 8.81. The van der Waals surface area contributed by atoms with Crippen molar-refractivity contribution in [1.82, 2.24) is 5.32 Å². The number of sulfone groups is 1. The molecule has 0 bridgehead atoms. The highest BCUT2D eigenvalue weighted by molar-refractivity contribution is 7.91. The Hall–Kier alpha value is -0.600. The quantitative estimate of drug-likeness (QED) is 0.848. The summed E-state index contributed by atoms with van der Waals surface area (Å²) in [6.07, 6.45) is 9.13. The molecule has 2 rings (SSSR count). The molecule has 2 aliphatic carbocycles. The lowest BCUT2D eigenvalue weighted by molar-refractivity contribution is 0.297. The van der Waals surface area contributed by atoms with E-state index in [1.807, 2.05) is 0 Å². The first-order chi connectivity index (χ1) is 8.48. The molecular formula is C13H22N2O2S. The topological polar surface area (TPSA) is 70.0 Å². The van der Waals surface area contributed by atoms with Crippen LogP contribution in [0, 0.1) is 11.3 Å². The van der Waals surface area contributed by atoms with E-state index in [1.54, 1.807) is 0 Å². The van der Waals surface area contributed by atoms with Gasteiger partial charge in [-0.15, -0.1) is 0 Å². The molecule has 0 saturated heterocycles. The monoisotopic (exact) mass is 270 g/mol. The molecule has 102 valence electrons. The zero-order valence-corrected chi connectivity index (χ0v) is 11.8. The van der Waals surface area contributed by atoms with Gasteiger partial charge in [0.2, 0.25) is 0 Å². The summed E-state index contributed by atoms with van der Waals surface area (Å²) in [5.41, 5.74) is -0.838. The molecule has 5 heteroatoms. The molecule has 2 fully saturated rings. The maximum Gasteiger partial charge on any atom is 0.153 e. The van der Waals surface area contributed by atoms with E-state index >= 15 is 0 Å². The predicted octanol–water partition coefficient (Wildman–Crippen LogP) is 1.77. The van der Waals surface area contributed by atoms with Gasteiger partial charge in [-0.3, -0.25) is 5.32 Å². The Labute approximate surface area is 110 Å². The Morgan fingerprint density at radius 1 is 1.17 bits per heavy atom. The van der Waals surface area contributed by atoms with Crippen LogP contribution in [0.1, 0.15) is 51.4 Å². The highest BCUT2D eigenvalue weighted by Gasteiger charge is 2.49. The lowest BCUT2D eigenvalue weighted by Gasteiger charge is -2.35. The van der Waals surface area contributed by atoms with Crippen molar-refractivity contribution in [1.29, 1.82) is 5.26 Å². The molecule has 2 aliphatic rings. The van der Waals surface area contributed by atoms with E-state index in [-0.39, 0.29) is 0 Å². The van der Waals surface area contributed by atoms with E-state index in [4.69, 9.17) is 0 Å². The van der Waals surface area contributed by atoms with Crippen molar-refractivity contribution in [2.45, 2.75) is 68.2 Å². The summed E-state index contributed by atoms with van der Waals surface area (Å²) in [5, 5.41) is 12.4. The molecule has 0 aliphatic heterocycles. The van der Waals surface area contributed by atoms with Crippen LogP contribution in [0.25, 0.3) is 0 Å². The summed E-state index contributed by atoms with van der Waals surface area (Å²) in [6.45, 7) is 0. The van der Waals surface area contributed by atoms with Crippen LogP contribution in [-0.2, 0) is 9.84 Å². The van der Waals surface area contributed by atoms with Crippen molar-refractivity contribution in [3.05, 3.63) is 0 Å². The molecule has 0 aromatic carbocycles. The summed E-state index contributed by atoms with van der Waals surface area (Å²) >= 11 is 0. The van der Waals surface area contributed by atoms with Crippen LogP contribution in [0.2, 0.25) is 0 Å². The number of hydrogen-bond acceptors (Lipinski definition) is 4. The lowest BCUT2D eigenvalue weighted by Crippen LogP contribution is -2.56. The second-order valence-corrected chi connectivity index (χ2v) is 8.00. The number of nitrogens with one attached hydrogen (secondary N) is 1. The van der Waals surface area contributed by atoms with Crippen molar-refractivity contribution in [2.75, 3.05) is 6.26 Å². The van der Waals surface area contributed by atoms with E-state index in [9.17, 15) is 13.7 Å². The fourth-order valence-electron chi connectivity index (χ4n) is 3.49. The molecule has 1 N–H and O–H groups in total. The average molecular weight is 270 g/mol. The highest BCUT2D eigenvalue weighted by atomic mass is 32.2. The van der Waals surface area contributed by atoms with Crippen molar-refractivity contribution in [3.63, 3.8) is 0 Å². The molecule has 0 heterocycles. The van der Waals surface area contributed by atoms with Crippen LogP contribution in [0.4, 0.5) is 0 Å². The van der Waals surface area contributed by atoms with Crippen LogP contribution >= 0.6 is 0 Å². The maximum atomic E-state index is 11.9. The molecule has 2 saturated carbocycles. The Balaban J connectivity index is 2.16. The maximum absolute atomic E-state index is 11.9. The van der Waals surface area contributed by atoms with E-state index in [0.29, 0.717) is 18.9 Å². The van der Waals surface area contributed by atoms with Crippen molar-refractivity contribution in [3.8, 4) is 6.07 Å². The highest BCUT2D eigenvalue weighted by Crippen LogP contribution is 2.36. The van der Waals surface area contributed by atoms with Crippen LogP contribution < -0.4 is 5.32 Å². The third-order valence-electron chi connectivity index (χ3n) is 4.37. The average Bonchev–Trinajstić information content (AvgIpc) is 2.74. The minimum absolute atomic E-state index is 0.320. The number of hydrogen-bond donors (Lipinski definition) is 1. The second-order valence-electron chi connectivity index (χ2n) is 5.77. The molecule has 0 aromatic rings. The van der Waals surface area contributed by atoms with E-state index < -0.39 is 20.6 Å². The van der Waals surface area contributed by atoms with Crippen LogP contribution in [0.15, 0.2) is 0 Å². The summed E-state index contributed by atoms with van der Waals surface area (Å²) in [4.78, 5) is 0. The van der Waals surface area contributed by atoms with E-state index in [2.05, 4.69) is 11.4 Å². The molecule has 18 heavy (non-hydrogen) atoms. The zero-order chi connectivity index (χ0) is 13.2. The van der Waals surface area contributed by atoms with E-state index in [1.165, 1.54) is 25.5 Å². The Morgan fingerprint density at radius 2 is 1.83 bits per heavy atom. The van der Waals surface area contributed by atoms with Gasteiger partial charge in [-0.2, -0.15) is 5.26 Å². The number of nitriles is 1. The van der Waals surface area contributed by atoms with Gasteiger partial charge < -0.3 is 0 Å². The summed E-state index contributed by atoms with van der Waals surface area (Å²) in [5.74, 6) is 0. The third-order valence-corrected chi connectivity index (χ3v) is 6.04. The Morgan fingerprint density at radius 3 is 2.39 bits per heavy atom. The predicted molar refractivity (Wildman–Crippen MR) is 70.8 cm³/mol. The van der Waals surface area contributed by atoms with Crippen molar-refractivity contribution >= 4 is 9.84 Å². The first kappa shape index (κ1) is 13.8. The van der Waals surface area contributed by atoms with Gasteiger partial charge in [0.1, 0.15) is 5.54 Å². The fourth-order valence-corrected chi connectivity index (χ4v) is 5.05. The Bertz CT molecular complexity index is 434. The van der Waals surface area contributed by atoms with Gasteiger partial charge >= 0.3 is 0 Å². The molecule has 0 aromatic heterocycles. The van der Waals surface area contributed by atoms with Gasteiger partial charge in [-0.1, -0.05) is 19.3 Å². The molecule has 0 spiro atoms. The van der Waals surface area contributed by atoms with Crippen molar-refractivity contribution < 1.29 is 8.42 Å². The number of nitrogens with zero attached hydrogens (tertiary/aromatic N) is 1. The molecular weight excluding hydrogens is 248 g/mol.